The Hall–Kier alpha value is -2.03. The highest BCUT2D eigenvalue weighted by Gasteiger charge is 2.13. The summed E-state index contributed by atoms with van der Waals surface area (Å²) in [6.45, 7) is 6.00. The molecule has 0 atom stereocenters. The Balaban J connectivity index is 2.30. The highest BCUT2D eigenvalue weighted by Crippen LogP contribution is 2.18. The van der Waals surface area contributed by atoms with Crippen LogP contribution in [0.1, 0.15) is 32.7 Å². The number of carbonyl (C=O) groups excluding carboxylic acids is 1. The van der Waals surface area contributed by atoms with Gasteiger partial charge in [0.05, 0.1) is 12.1 Å². The van der Waals surface area contributed by atoms with Gasteiger partial charge in [0, 0.05) is 11.8 Å². The zero-order valence-corrected chi connectivity index (χ0v) is 10.9. The SMILES string of the molecule is Cc1cc(C)c(C(=O)Cc2ccncn2)c(C)c1. The lowest BCUT2D eigenvalue weighted by Gasteiger charge is -2.10. The van der Waals surface area contributed by atoms with Crippen molar-refractivity contribution in [3.8, 4) is 0 Å². The molecule has 0 radical (unpaired) electrons. The molecule has 0 N–H and O–H groups in total. The highest BCUT2D eigenvalue weighted by molar-refractivity contribution is 6.00. The molecule has 0 fully saturated rings. The molecule has 0 bridgehead atoms. The van der Waals surface area contributed by atoms with Crippen molar-refractivity contribution in [1.29, 1.82) is 0 Å². The Morgan fingerprint density at radius 3 is 2.39 bits per heavy atom. The minimum Gasteiger partial charge on any atom is -0.294 e. The highest BCUT2D eigenvalue weighted by atomic mass is 16.1. The number of hydrogen-bond acceptors (Lipinski definition) is 3. The number of Topliss-reactive ketones (excluding diaryl/α,β-unsaturated/α-hetero) is 1. The number of ketones is 1. The van der Waals surface area contributed by atoms with E-state index in [1.165, 1.54) is 11.9 Å². The molecule has 0 aliphatic carbocycles. The van der Waals surface area contributed by atoms with Crippen molar-refractivity contribution in [1.82, 2.24) is 9.97 Å². The van der Waals surface area contributed by atoms with Crippen LogP contribution in [0.5, 0.6) is 0 Å². The summed E-state index contributed by atoms with van der Waals surface area (Å²) >= 11 is 0. The number of benzene rings is 1. The lowest BCUT2D eigenvalue weighted by molar-refractivity contribution is 0.0991. The van der Waals surface area contributed by atoms with Crippen molar-refractivity contribution in [2.45, 2.75) is 27.2 Å². The smallest absolute Gasteiger partial charge is 0.169 e. The van der Waals surface area contributed by atoms with Gasteiger partial charge in [-0.15, -0.1) is 0 Å². The van der Waals surface area contributed by atoms with Crippen LogP contribution < -0.4 is 0 Å². The maximum absolute atomic E-state index is 12.3. The third kappa shape index (κ3) is 2.62. The first-order valence-electron chi connectivity index (χ1n) is 5.94. The van der Waals surface area contributed by atoms with E-state index in [1.54, 1.807) is 12.3 Å². The molecular formula is C15H16N2O. The molecular weight excluding hydrogens is 224 g/mol. The minimum atomic E-state index is 0.115. The summed E-state index contributed by atoms with van der Waals surface area (Å²) in [7, 11) is 0. The van der Waals surface area contributed by atoms with Crippen LogP contribution in [0.2, 0.25) is 0 Å². The minimum absolute atomic E-state index is 0.115. The molecule has 92 valence electrons. The number of rotatable bonds is 3. The van der Waals surface area contributed by atoms with E-state index < -0.39 is 0 Å². The average molecular weight is 240 g/mol. The standard InChI is InChI=1S/C15H16N2O/c1-10-6-11(2)15(12(3)7-10)14(18)8-13-4-5-16-9-17-13/h4-7,9H,8H2,1-3H3. The van der Waals surface area contributed by atoms with Crippen molar-refractivity contribution < 1.29 is 4.79 Å². The predicted octanol–water partition coefficient (Wildman–Crippen LogP) is 2.83. The van der Waals surface area contributed by atoms with Gasteiger partial charge < -0.3 is 0 Å². The number of hydrogen-bond donors (Lipinski definition) is 0. The second-order valence-corrected chi connectivity index (χ2v) is 4.57. The molecule has 0 aliphatic heterocycles. The van der Waals surface area contributed by atoms with Crippen LogP contribution in [0.15, 0.2) is 30.7 Å². The van der Waals surface area contributed by atoms with Crippen LogP contribution in [-0.4, -0.2) is 15.8 Å². The van der Waals surface area contributed by atoms with Crippen molar-refractivity contribution >= 4 is 5.78 Å². The fourth-order valence-corrected chi connectivity index (χ4v) is 2.30. The zero-order valence-electron chi connectivity index (χ0n) is 10.9. The van der Waals surface area contributed by atoms with Crippen LogP contribution in [0, 0.1) is 20.8 Å². The molecule has 1 aromatic carbocycles. The van der Waals surface area contributed by atoms with E-state index >= 15 is 0 Å². The first-order chi connectivity index (χ1) is 8.58. The van der Waals surface area contributed by atoms with Crippen LogP contribution in [-0.2, 0) is 6.42 Å². The number of nitrogens with zero attached hydrogens (tertiary/aromatic N) is 2. The quantitative estimate of drug-likeness (QED) is 0.775. The molecule has 1 heterocycles. The third-order valence-corrected chi connectivity index (χ3v) is 2.94. The van der Waals surface area contributed by atoms with E-state index in [0.29, 0.717) is 6.42 Å². The predicted molar refractivity (Wildman–Crippen MR) is 70.7 cm³/mol. The van der Waals surface area contributed by atoms with E-state index in [1.807, 2.05) is 32.9 Å². The Bertz CT molecular complexity index is 553. The number of carbonyl (C=O) groups is 1. The van der Waals surface area contributed by atoms with Crippen molar-refractivity contribution in [3.63, 3.8) is 0 Å². The van der Waals surface area contributed by atoms with Gasteiger partial charge >= 0.3 is 0 Å². The molecule has 3 heteroatoms. The topological polar surface area (TPSA) is 42.9 Å². The Morgan fingerprint density at radius 1 is 1.17 bits per heavy atom. The van der Waals surface area contributed by atoms with Gasteiger partial charge in [-0.1, -0.05) is 17.7 Å². The summed E-state index contributed by atoms with van der Waals surface area (Å²) in [5, 5.41) is 0. The largest absolute Gasteiger partial charge is 0.294 e. The molecule has 1 aromatic heterocycles. The van der Waals surface area contributed by atoms with Gasteiger partial charge in [-0.2, -0.15) is 0 Å². The third-order valence-electron chi connectivity index (χ3n) is 2.94. The maximum Gasteiger partial charge on any atom is 0.169 e. The second kappa shape index (κ2) is 5.08. The summed E-state index contributed by atoms with van der Waals surface area (Å²) in [6.07, 6.45) is 3.45. The maximum atomic E-state index is 12.3. The first kappa shape index (κ1) is 12.4. The molecule has 0 saturated heterocycles. The molecule has 0 saturated carbocycles. The molecule has 0 spiro atoms. The zero-order chi connectivity index (χ0) is 13.1. The molecule has 0 aliphatic rings. The van der Waals surface area contributed by atoms with Gasteiger partial charge in [0.1, 0.15) is 6.33 Å². The average Bonchev–Trinajstić information content (AvgIpc) is 2.28. The fraction of sp³-hybridized carbons (Fsp3) is 0.267. The Kier molecular flexibility index (Phi) is 3.51. The fourth-order valence-electron chi connectivity index (χ4n) is 2.30. The van der Waals surface area contributed by atoms with Crippen LogP contribution >= 0.6 is 0 Å². The van der Waals surface area contributed by atoms with Crippen molar-refractivity contribution in [2.75, 3.05) is 0 Å². The summed E-state index contributed by atoms with van der Waals surface area (Å²) < 4.78 is 0. The Morgan fingerprint density at radius 2 is 1.83 bits per heavy atom. The number of aryl methyl sites for hydroxylation is 3. The summed E-state index contributed by atoms with van der Waals surface area (Å²) in [5.41, 5.74) is 4.83. The lowest BCUT2D eigenvalue weighted by Crippen LogP contribution is -2.09. The second-order valence-electron chi connectivity index (χ2n) is 4.57. The molecule has 2 rings (SSSR count). The van der Waals surface area contributed by atoms with Crippen LogP contribution in [0.4, 0.5) is 0 Å². The summed E-state index contributed by atoms with van der Waals surface area (Å²) in [4.78, 5) is 20.2. The van der Waals surface area contributed by atoms with Crippen molar-refractivity contribution in [2.24, 2.45) is 0 Å². The summed E-state index contributed by atoms with van der Waals surface area (Å²) in [5.74, 6) is 0.115. The normalized spacial score (nSPS) is 10.4. The van der Waals surface area contributed by atoms with Gasteiger partial charge in [-0.3, -0.25) is 4.79 Å². The Labute approximate surface area is 107 Å². The molecule has 0 unspecified atom stereocenters. The van der Waals surface area contributed by atoms with Gasteiger partial charge in [0.15, 0.2) is 5.78 Å². The number of aromatic nitrogens is 2. The first-order valence-corrected chi connectivity index (χ1v) is 5.94. The van der Waals surface area contributed by atoms with Gasteiger partial charge in [0.2, 0.25) is 0 Å². The lowest BCUT2D eigenvalue weighted by atomic mass is 9.94. The summed E-state index contributed by atoms with van der Waals surface area (Å²) in [6, 6.07) is 5.86. The van der Waals surface area contributed by atoms with E-state index in [-0.39, 0.29) is 5.78 Å². The van der Waals surface area contributed by atoms with E-state index in [4.69, 9.17) is 0 Å². The molecule has 0 amide bonds. The van der Waals surface area contributed by atoms with Crippen molar-refractivity contribution in [3.05, 3.63) is 58.7 Å². The van der Waals surface area contributed by atoms with E-state index in [2.05, 4.69) is 9.97 Å². The molecule has 2 aromatic rings. The van der Waals surface area contributed by atoms with Gasteiger partial charge in [-0.25, -0.2) is 9.97 Å². The monoisotopic (exact) mass is 240 g/mol. The van der Waals surface area contributed by atoms with Crippen LogP contribution in [0.25, 0.3) is 0 Å². The van der Waals surface area contributed by atoms with Gasteiger partial charge in [-0.05, 0) is 38.0 Å². The molecule has 18 heavy (non-hydrogen) atoms. The van der Waals surface area contributed by atoms with E-state index in [9.17, 15) is 4.79 Å². The van der Waals surface area contributed by atoms with Crippen LogP contribution in [0.3, 0.4) is 0 Å². The van der Waals surface area contributed by atoms with E-state index in [0.717, 1.165) is 22.4 Å². The van der Waals surface area contributed by atoms with Gasteiger partial charge in [0.25, 0.3) is 0 Å². The molecule has 3 nitrogen and oxygen atoms in total.